The van der Waals surface area contributed by atoms with Gasteiger partial charge in [0.25, 0.3) is 11.8 Å². The Morgan fingerprint density at radius 1 is 0.545 bits per heavy atom. The summed E-state index contributed by atoms with van der Waals surface area (Å²) in [5.41, 5.74) is 5.50. The maximum atomic E-state index is 13.0. The first-order valence-electron chi connectivity index (χ1n) is 13.7. The second kappa shape index (κ2) is 10.8. The van der Waals surface area contributed by atoms with Gasteiger partial charge in [0, 0.05) is 34.6 Å². The van der Waals surface area contributed by atoms with Crippen molar-refractivity contribution in [1.29, 1.82) is 0 Å². The number of anilines is 2. The van der Waals surface area contributed by atoms with Gasteiger partial charge in [-0.05, 0) is 66.7 Å². The maximum absolute atomic E-state index is 13.0. The van der Waals surface area contributed by atoms with Crippen molar-refractivity contribution in [2.75, 3.05) is 10.6 Å². The molecule has 10 heteroatoms. The van der Waals surface area contributed by atoms with Gasteiger partial charge in [0.15, 0.2) is 0 Å². The highest BCUT2D eigenvalue weighted by atomic mass is 16.3. The smallest absolute Gasteiger partial charge is 0.255 e. The van der Waals surface area contributed by atoms with Crippen LogP contribution in [0, 0.1) is 0 Å². The van der Waals surface area contributed by atoms with E-state index in [1.54, 1.807) is 42.5 Å². The lowest BCUT2D eigenvalue weighted by Crippen LogP contribution is -2.15. The van der Waals surface area contributed by atoms with Crippen molar-refractivity contribution >= 4 is 45.3 Å². The zero-order chi connectivity index (χ0) is 30.2. The van der Waals surface area contributed by atoms with Crippen molar-refractivity contribution in [3.05, 3.63) is 120 Å². The number of aromatic amines is 2. The number of nitrogens with one attached hydrogen (secondary N) is 4. The Bertz CT molecular complexity index is 2000. The van der Waals surface area contributed by atoms with E-state index in [9.17, 15) is 19.8 Å². The van der Waals surface area contributed by atoms with Gasteiger partial charge in [0.2, 0.25) is 0 Å². The number of benzene rings is 5. The number of aromatic hydroxyl groups is 2. The SMILES string of the molecule is O=C(Nc1ccc(-c2nc3ccccc3[nH]2)c(O)c1)c1cccc(C(=O)Nc2ccc(-c3nc4ccccc4[nH]3)c(O)c2)c1. The van der Waals surface area contributed by atoms with E-state index in [0.29, 0.717) is 34.2 Å². The largest absolute Gasteiger partial charge is 0.507 e. The molecule has 2 amide bonds. The lowest BCUT2D eigenvalue weighted by molar-refractivity contribution is 0.102. The molecule has 5 aromatic carbocycles. The number of carbonyl (C=O) groups excluding carboxylic acids is 2. The Balaban J connectivity index is 1.04. The number of para-hydroxylation sites is 4. The Labute approximate surface area is 250 Å². The highest BCUT2D eigenvalue weighted by molar-refractivity contribution is 6.09. The number of amides is 2. The summed E-state index contributed by atoms with van der Waals surface area (Å²) in [6.07, 6.45) is 0. The molecule has 0 atom stereocenters. The summed E-state index contributed by atoms with van der Waals surface area (Å²) in [5.74, 6) is 0.0106. The Hall–Kier alpha value is -6.42. The summed E-state index contributed by atoms with van der Waals surface area (Å²) >= 11 is 0. The van der Waals surface area contributed by atoms with E-state index in [1.807, 2.05) is 48.5 Å². The van der Waals surface area contributed by atoms with Crippen LogP contribution in [0.25, 0.3) is 44.8 Å². The molecular formula is C34H24N6O4. The number of nitrogens with zero attached hydrogens (tertiary/aromatic N) is 2. The number of aromatic nitrogens is 4. The first-order valence-corrected chi connectivity index (χ1v) is 13.7. The van der Waals surface area contributed by atoms with Gasteiger partial charge in [-0.1, -0.05) is 30.3 Å². The number of rotatable bonds is 6. The molecule has 0 aliphatic carbocycles. The van der Waals surface area contributed by atoms with Crippen LogP contribution in [0.3, 0.4) is 0 Å². The highest BCUT2D eigenvalue weighted by Gasteiger charge is 2.16. The number of fused-ring (bicyclic) bond motifs is 2. The summed E-state index contributed by atoms with van der Waals surface area (Å²) in [5, 5.41) is 26.8. The van der Waals surface area contributed by atoms with E-state index >= 15 is 0 Å². The quantitative estimate of drug-likeness (QED) is 0.129. The summed E-state index contributed by atoms with van der Waals surface area (Å²) in [6, 6.07) is 30.9. The van der Waals surface area contributed by atoms with E-state index < -0.39 is 11.8 Å². The normalized spacial score (nSPS) is 11.1. The van der Waals surface area contributed by atoms with Crippen LogP contribution < -0.4 is 10.6 Å². The van der Waals surface area contributed by atoms with Gasteiger partial charge in [-0.25, -0.2) is 9.97 Å². The zero-order valence-corrected chi connectivity index (χ0v) is 23.0. The third-order valence-corrected chi connectivity index (χ3v) is 7.19. The standard InChI is InChI=1S/C34H24N6O4/c41-29-17-21(12-14-23(29)31-37-25-8-1-2-9-26(25)38-31)35-33(43)19-6-5-7-20(16-19)34(44)36-22-13-15-24(30(42)18-22)32-39-27-10-3-4-11-28(27)40-32/h1-18,41-42H,(H,35,43)(H,36,44)(H,37,38)(H,39,40). The minimum absolute atomic E-state index is 0.0513. The van der Waals surface area contributed by atoms with Gasteiger partial charge in [-0.3, -0.25) is 9.59 Å². The highest BCUT2D eigenvalue weighted by Crippen LogP contribution is 2.32. The van der Waals surface area contributed by atoms with Gasteiger partial charge in [-0.2, -0.15) is 0 Å². The van der Waals surface area contributed by atoms with Crippen molar-refractivity contribution in [3.63, 3.8) is 0 Å². The van der Waals surface area contributed by atoms with Crippen LogP contribution in [-0.4, -0.2) is 42.0 Å². The molecule has 0 spiro atoms. The average molecular weight is 581 g/mol. The lowest BCUT2D eigenvalue weighted by Gasteiger charge is -2.10. The fraction of sp³-hybridized carbons (Fsp3) is 0. The molecule has 0 radical (unpaired) electrons. The molecule has 0 bridgehead atoms. The van der Waals surface area contributed by atoms with Crippen molar-refractivity contribution in [2.45, 2.75) is 0 Å². The molecule has 10 nitrogen and oxygen atoms in total. The van der Waals surface area contributed by atoms with Crippen molar-refractivity contribution in [3.8, 4) is 34.3 Å². The topological polar surface area (TPSA) is 156 Å². The van der Waals surface area contributed by atoms with Crippen molar-refractivity contribution < 1.29 is 19.8 Å². The zero-order valence-electron chi connectivity index (χ0n) is 23.0. The number of phenolic OH excluding ortho intramolecular Hbond substituents is 2. The Kier molecular flexibility index (Phi) is 6.48. The molecule has 0 unspecified atom stereocenters. The molecule has 0 saturated carbocycles. The average Bonchev–Trinajstić information content (AvgIpc) is 3.66. The van der Waals surface area contributed by atoms with Gasteiger partial charge in [0.05, 0.1) is 33.2 Å². The molecular weight excluding hydrogens is 556 g/mol. The van der Waals surface area contributed by atoms with Gasteiger partial charge < -0.3 is 30.8 Å². The third kappa shape index (κ3) is 5.07. The number of hydrogen-bond acceptors (Lipinski definition) is 6. The van der Waals surface area contributed by atoms with Crippen molar-refractivity contribution in [2.24, 2.45) is 0 Å². The summed E-state index contributed by atoms with van der Waals surface area (Å²) in [6.45, 7) is 0. The second-order valence-corrected chi connectivity index (χ2v) is 10.2. The van der Waals surface area contributed by atoms with Crippen LogP contribution >= 0.6 is 0 Å². The Morgan fingerprint density at radius 3 is 1.43 bits per heavy atom. The molecule has 44 heavy (non-hydrogen) atoms. The molecule has 0 saturated heterocycles. The molecule has 6 N–H and O–H groups in total. The van der Waals surface area contributed by atoms with E-state index in [2.05, 4.69) is 30.6 Å². The Morgan fingerprint density at radius 2 is 1.00 bits per heavy atom. The molecule has 0 aliphatic heterocycles. The molecule has 2 heterocycles. The van der Waals surface area contributed by atoms with E-state index in [0.717, 1.165) is 22.1 Å². The molecule has 0 aliphatic rings. The van der Waals surface area contributed by atoms with Crippen LogP contribution in [0.4, 0.5) is 11.4 Å². The third-order valence-electron chi connectivity index (χ3n) is 7.19. The predicted octanol–water partition coefficient (Wildman–Crippen LogP) is 6.69. The molecule has 7 aromatic rings. The molecule has 214 valence electrons. The molecule has 0 fully saturated rings. The lowest BCUT2D eigenvalue weighted by atomic mass is 10.1. The number of imidazole rings is 2. The summed E-state index contributed by atoms with van der Waals surface area (Å²) in [4.78, 5) is 41.4. The van der Waals surface area contributed by atoms with E-state index in [4.69, 9.17) is 0 Å². The van der Waals surface area contributed by atoms with Crippen LogP contribution in [0.5, 0.6) is 11.5 Å². The minimum atomic E-state index is -0.455. The first-order chi connectivity index (χ1) is 21.4. The van der Waals surface area contributed by atoms with Gasteiger partial charge in [-0.15, -0.1) is 0 Å². The van der Waals surface area contributed by atoms with Crippen LogP contribution in [-0.2, 0) is 0 Å². The van der Waals surface area contributed by atoms with Gasteiger partial charge in [0.1, 0.15) is 23.1 Å². The van der Waals surface area contributed by atoms with E-state index in [-0.39, 0.29) is 22.6 Å². The predicted molar refractivity (Wildman–Crippen MR) is 169 cm³/mol. The van der Waals surface area contributed by atoms with Crippen LogP contribution in [0.2, 0.25) is 0 Å². The first kappa shape index (κ1) is 26.5. The maximum Gasteiger partial charge on any atom is 0.255 e. The minimum Gasteiger partial charge on any atom is -0.507 e. The van der Waals surface area contributed by atoms with Gasteiger partial charge >= 0.3 is 0 Å². The fourth-order valence-electron chi connectivity index (χ4n) is 4.99. The second-order valence-electron chi connectivity index (χ2n) is 10.2. The number of phenols is 2. The van der Waals surface area contributed by atoms with Crippen LogP contribution in [0.15, 0.2) is 109 Å². The van der Waals surface area contributed by atoms with E-state index in [1.165, 1.54) is 18.2 Å². The van der Waals surface area contributed by atoms with Crippen LogP contribution in [0.1, 0.15) is 20.7 Å². The summed E-state index contributed by atoms with van der Waals surface area (Å²) < 4.78 is 0. The molecule has 7 rings (SSSR count). The fourth-order valence-corrected chi connectivity index (χ4v) is 4.99. The monoisotopic (exact) mass is 580 g/mol. The number of carbonyl (C=O) groups is 2. The number of H-pyrrole nitrogens is 2. The molecule has 2 aromatic heterocycles. The summed E-state index contributed by atoms with van der Waals surface area (Å²) in [7, 11) is 0. The van der Waals surface area contributed by atoms with Crippen molar-refractivity contribution in [1.82, 2.24) is 19.9 Å². The number of hydrogen-bond donors (Lipinski definition) is 6.